The van der Waals surface area contributed by atoms with Crippen molar-refractivity contribution in [3.8, 4) is 0 Å². The van der Waals surface area contributed by atoms with Crippen molar-refractivity contribution in [1.29, 1.82) is 0 Å². The van der Waals surface area contributed by atoms with Gasteiger partial charge < -0.3 is 14.4 Å². The van der Waals surface area contributed by atoms with Crippen molar-refractivity contribution in [3.05, 3.63) is 52.6 Å². The molecule has 12 heteroatoms. The molecule has 200 valence electrons. The highest BCUT2D eigenvalue weighted by Gasteiger charge is 2.44. The topological polar surface area (TPSA) is 76.9 Å². The van der Waals surface area contributed by atoms with Gasteiger partial charge in [0.2, 0.25) is 5.91 Å². The molecular formula is C25H28F4N4O4. The first-order chi connectivity index (χ1) is 17.6. The number of rotatable bonds is 5. The van der Waals surface area contributed by atoms with E-state index in [-0.39, 0.29) is 68.0 Å². The summed E-state index contributed by atoms with van der Waals surface area (Å²) in [5.74, 6) is -1.14. The van der Waals surface area contributed by atoms with Crippen LogP contribution in [0, 0.1) is 11.7 Å². The average Bonchev–Trinajstić information content (AvgIpc) is 3.23. The molecule has 1 aromatic carbocycles. The molecule has 0 radical (unpaired) electrons. The molecule has 1 aromatic heterocycles. The third kappa shape index (κ3) is 5.22. The minimum atomic E-state index is -4.62. The van der Waals surface area contributed by atoms with Crippen molar-refractivity contribution in [3.63, 3.8) is 0 Å². The number of ether oxygens (including phenoxy) is 2. The number of carbonyl (C=O) groups is 2. The molecular weight excluding hydrogens is 496 g/mol. The molecule has 2 unspecified atom stereocenters. The van der Waals surface area contributed by atoms with Crippen LogP contribution in [0.4, 0.5) is 17.6 Å². The molecule has 0 aliphatic carbocycles. The predicted octanol–water partition coefficient (Wildman–Crippen LogP) is 2.63. The number of aromatic nitrogens is 2. The number of fused-ring (bicyclic) bond motifs is 3. The molecule has 3 aliphatic heterocycles. The molecule has 2 bridgehead atoms. The van der Waals surface area contributed by atoms with Gasteiger partial charge in [-0.2, -0.15) is 18.3 Å². The number of halogens is 4. The molecule has 8 nitrogen and oxygen atoms in total. The van der Waals surface area contributed by atoms with E-state index in [1.165, 1.54) is 36.1 Å². The van der Waals surface area contributed by atoms with E-state index in [0.717, 1.165) is 0 Å². The zero-order valence-electron chi connectivity index (χ0n) is 20.3. The van der Waals surface area contributed by atoms with Crippen LogP contribution in [0.15, 0.2) is 24.3 Å². The van der Waals surface area contributed by atoms with Gasteiger partial charge in [-0.1, -0.05) is 12.1 Å². The largest absolute Gasteiger partial charge is 0.469 e. The Kier molecular flexibility index (Phi) is 6.97. The van der Waals surface area contributed by atoms with Crippen LogP contribution in [0.5, 0.6) is 0 Å². The maximum atomic E-state index is 13.7. The minimum Gasteiger partial charge on any atom is -0.469 e. The SMILES string of the molecule is COC(=O)C1CC2COCC(C1)N2CC(=O)N1CCc2c(C(F)(F)F)nn(Cc3ccc(F)cc3)c2C1. The molecule has 2 atom stereocenters. The summed E-state index contributed by atoms with van der Waals surface area (Å²) < 4.78 is 66.3. The molecule has 0 spiro atoms. The number of esters is 1. The monoisotopic (exact) mass is 524 g/mol. The molecule has 37 heavy (non-hydrogen) atoms. The summed E-state index contributed by atoms with van der Waals surface area (Å²) in [6.07, 6.45) is -3.52. The van der Waals surface area contributed by atoms with Gasteiger partial charge in [0, 0.05) is 24.2 Å². The average molecular weight is 525 g/mol. The van der Waals surface area contributed by atoms with Gasteiger partial charge in [-0.05, 0) is 37.0 Å². The molecule has 5 rings (SSSR count). The molecule has 2 saturated heterocycles. The third-order valence-corrected chi connectivity index (χ3v) is 7.53. The van der Waals surface area contributed by atoms with Gasteiger partial charge >= 0.3 is 12.1 Å². The number of morpholine rings is 1. The Bertz CT molecular complexity index is 1150. The van der Waals surface area contributed by atoms with Gasteiger partial charge in [-0.15, -0.1) is 0 Å². The first-order valence-corrected chi connectivity index (χ1v) is 12.2. The van der Waals surface area contributed by atoms with E-state index in [1.807, 2.05) is 0 Å². The van der Waals surface area contributed by atoms with Gasteiger partial charge in [0.1, 0.15) is 5.82 Å². The van der Waals surface area contributed by atoms with Gasteiger partial charge in [-0.3, -0.25) is 19.2 Å². The highest BCUT2D eigenvalue weighted by molar-refractivity contribution is 5.79. The standard InChI is InChI=1S/C25H28F4N4O4/c1-36-24(35)16-8-18-13-37-14-19(9-16)32(18)12-22(34)31-7-6-20-21(11-31)33(30-23(20)25(27,28)29)10-15-2-4-17(26)5-3-15/h2-5,16,18-19H,6-14H2,1H3. The summed E-state index contributed by atoms with van der Waals surface area (Å²) in [7, 11) is 1.36. The van der Waals surface area contributed by atoms with E-state index in [9.17, 15) is 27.2 Å². The summed E-state index contributed by atoms with van der Waals surface area (Å²) >= 11 is 0. The molecule has 4 heterocycles. The summed E-state index contributed by atoms with van der Waals surface area (Å²) in [6.45, 7) is 1.09. The molecule has 0 N–H and O–H groups in total. The van der Waals surface area contributed by atoms with Crippen LogP contribution in [0.3, 0.4) is 0 Å². The Hall–Kier alpha value is -2.99. The zero-order valence-corrected chi connectivity index (χ0v) is 20.3. The lowest BCUT2D eigenvalue weighted by molar-refractivity contribution is -0.156. The van der Waals surface area contributed by atoms with Gasteiger partial charge in [-0.25, -0.2) is 4.39 Å². The molecule has 2 fully saturated rings. The maximum absolute atomic E-state index is 13.7. The summed E-state index contributed by atoms with van der Waals surface area (Å²) in [5.41, 5.74) is 0.102. The number of carbonyl (C=O) groups excluding carboxylic acids is 2. The lowest BCUT2D eigenvalue weighted by atomic mass is 9.85. The van der Waals surface area contributed by atoms with E-state index in [2.05, 4.69) is 10.00 Å². The van der Waals surface area contributed by atoms with Crippen molar-refractivity contribution in [2.45, 2.75) is 50.6 Å². The smallest absolute Gasteiger partial charge is 0.435 e. The highest BCUT2D eigenvalue weighted by atomic mass is 19.4. The van der Waals surface area contributed by atoms with Crippen LogP contribution < -0.4 is 0 Å². The Labute approximate surface area is 211 Å². The highest BCUT2D eigenvalue weighted by Crippen LogP contribution is 2.36. The summed E-state index contributed by atoms with van der Waals surface area (Å²) in [5, 5.41) is 3.86. The lowest BCUT2D eigenvalue weighted by Crippen LogP contribution is -2.60. The Morgan fingerprint density at radius 1 is 1.14 bits per heavy atom. The van der Waals surface area contributed by atoms with E-state index in [1.54, 1.807) is 4.90 Å². The number of benzene rings is 1. The fraction of sp³-hybridized carbons (Fsp3) is 0.560. The number of hydrogen-bond donors (Lipinski definition) is 0. The van der Waals surface area contributed by atoms with Crippen molar-refractivity contribution < 1.29 is 36.6 Å². The Morgan fingerprint density at radius 2 is 1.81 bits per heavy atom. The zero-order chi connectivity index (χ0) is 26.3. The summed E-state index contributed by atoms with van der Waals surface area (Å²) in [4.78, 5) is 29.0. The third-order valence-electron chi connectivity index (χ3n) is 7.53. The number of methoxy groups -OCH3 is 1. The van der Waals surface area contributed by atoms with E-state index in [0.29, 0.717) is 37.3 Å². The molecule has 0 saturated carbocycles. The number of nitrogens with zero attached hydrogens (tertiary/aromatic N) is 4. The normalized spacial score (nSPS) is 24.0. The van der Waals surface area contributed by atoms with Crippen LogP contribution in [0.2, 0.25) is 0 Å². The van der Waals surface area contributed by atoms with Crippen molar-refractivity contribution >= 4 is 11.9 Å². The molecule has 2 aromatic rings. The lowest BCUT2D eigenvalue weighted by Gasteiger charge is -2.48. The Balaban J connectivity index is 1.33. The van der Waals surface area contributed by atoms with Crippen molar-refractivity contribution in [2.24, 2.45) is 5.92 Å². The quantitative estimate of drug-likeness (QED) is 0.442. The van der Waals surface area contributed by atoms with Gasteiger partial charge in [0.15, 0.2) is 5.69 Å². The second-order valence-electron chi connectivity index (χ2n) is 9.83. The van der Waals surface area contributed by atoms with Crippen LogP contribution in [0.25, 0.3) is 0 Å². The van der Waals surface area contributed by atoms with Crippen LogP contribution in [0.1, 0.15) is 35.4 Å². The second kappa shape index (κ2) is 10.1. The number of amides is 1. The van der Waals surface area contributed by atoms with Crippen molar-refractivity contribution in [1.82, 2.24) is 19.6 Å². The van der Waals surface area contributed by atoms with Crippen LogP contribution in [-0.2, 0) is 44.7 Å². The van der Waals surface area contributed by atoms with Crippen molar-refractivity contribution in [2.75, 3.05) is 33.4 Å². The van der Waals surface area contributed by atoms with Gasteiger partial charge in [0.05, 0.1) is 51.6 Å². The number of alkyl halides is 3. The fourth-order valence-corrected chi connectivity index (χ4v) is 5.68. The maximum Gasteiger partial charge on any atom is 0.435 e. The Morgan fingerprint density at radius 3 is 2.43 bits per heavy atom. The van der Waals surface area contributed by atoms with E-state index in [4.69, 9.17) is 9.47 Å². The first-order valence-electron chi connectivity index (χ1n) is 12.2. The summed E-state index contributed by atoms with van der Waals surface area (Å²) in [6, 6.07) is 5.27. The van der Waals surface area contributed by atoms with E-state index < -0.39 is 17.7 Å². The first kappa shape index (κ1) is 25.7. The minimum absolute atomic E-state index is 0.00288. The predicted molar refractivity (Wildman–Crippen MR) is 122 cm³/mol. The van der Waals surface area contributed by atoms with Crippen LogP contribution in [-0.4, -0.2) is 77.0 Å². The van der Waals surface area contributed by atoms with Gasteiger partial charge in [0.25, 0.3) is 0 Å². The van der Waals surface area contributed by atoms with Crippen LogP contribution >= 0.6 is 0 Å². The molecule has 1 amide bonds. The number of hydrogen-bond acceptors (Lipinski definition) is 6. The fourth-order valence-electron chi connectivity index (χ4n) is 5.68. The second-order valence-corrected chi connectivity index (χ2v) is 9.83. The number of piperidine rings is 1. The van der Waals surface area contributed by atoms with E-state index >= 15 is 0 Å². The molecule has 3 aliphatic rings.